The van der Waals surface area contributed by atoms with Gasteiger partial charge in [-0.3, -0.25) is 0 Å². The lowest BCUT2D eigenvalue weighted by atomic mass is 9.80. The molecule has 1 heteroatoms. The van der Waals surface area contributed by atoms with Crippen molar-refractivity contribution < 1.29 is 0 Å². The van der Waals surface area contributed by atoms with Crippen molar-refractivity contribution in [2.75, 3.05) is 0 Å². The SMILES string of the molecule is CC1(C)c2cccc(-c3cccc(-c4c5ccccc5c(-c5ccc6sc7ccccc7c6c5)c5ccccc45)c3)c2-c2ccc3ccccc3c21. The molecule has 0 aliphatic heterocycles. The zero-order chi connectivity index (χ0) is 34.6. The summed E-state index contributed by atoms with van der Waals surface area (Å²) in [6.45, 7) is 4.78. The number of thiophene rings is 1. The first-order valence-electron chi connectivity index (χ1n) is 18.2. The van der Waals surface area contributed by atoms with E-state index < -0.39 is 0 Å². The molecule has 0 unspecified atom stereocenters. The first kappa shape index (κ1) is 29.7. The van der Waals surface area contributed by atoms with Crippen LogP contribution < -0.4 is 0 Å². The Morgan fingerprint density at radius 2 is 0.942 bits per heavy atom. The molecule has 10 aromatic rings. The minimum Gasteiger partial charge on any atom is -0.135 e. The van der Waals surface area contributed by atoms with Crippen LogP contribution in [0.4, 0.5) is 0 Å². The van der Waals surface area contributed by atoms with Crippen LogP contribution in [0.15, 0.2) is 170 Å². The molecule has 52 heavy (non-hydrogen) atoms. The van der Waals surface area contributed by atoms with Crippen molar-refractivity contribution in [2.45, 2.75) is 19.3 Å². The van der Waals surface area contributed by atoms with Gasteiger partial charge in [0, 0.05) is 25.6 Å². The third kappa shape index (κ3) is 4.15. The van der Waals surface area contributed by atoms with Gasteiger partial charge in [-0.2, -0.15) is 0 Å². The highest BCUT2D eigenvalue weighted by molar-refractivity contribution is 7.25. The van der Waals surface area contributed by atoms with E-state index in [-0.39, 0.29) is 5.41 Å². The van der Waals surface area contributed by atoms with Gasteiger partial charge in [0.25, 0.3) is 0 Å². The predicted octanol–water partition coefficient (Wildman–Crippen LogP) is 14.8. The maximum Gasteiger partial charge on any atom is 0.0355 e. The molecule has 1 aromatic heterocycles. The van der Waals surface area contributed by atoms with E-state index in [4.69, 9.17) is 0 Å². The van der Waals surface area contributed by atoms with Crippen molar-refractivity contribution in [1.82, 2.24) is 0 Å². The second-order valence-corrected chi connectivity index (χ2v) is 15.9. The lowest BCUT2D eigenvalue weighted by Gasteiger charge is -2.23. The Hall–Kier alpha value is -6.02. The fourth-order valence-electron chi connectivity index (χ4n) is 9.37. The smallest absolute Gasteiger partial charge is 0.0355 e. The Bertz CT molecular complexity index is 3040. The van der Waals surface area contributed by atoms with Gasteiger partial charge in [-0.25, -0.2) is 0 Å². The molecule has 244 valence electrons. The summed E-state index contributed by atoms with van der Waals surface area (Å²) in [4.78, 5) is 0. The van der Waals surface area contributed by atoms with Crippen molar-refractivity contribution in [3.63, 3.8) is 0 Å². The number of rotatable bonds is 3. The molecule has 0 atom stereocenters. The van der Waals surface area contributed by atoms with Gasteiger partial charge in [-0.05, 0) is 112 Å². The lowest BCUT2D eigenvalue weighted by Crippen LogP contribution is -2.15. The van der Waals surface area contributed by atoms with Gasteiger partial charge in [-0.1, -0.05) is 159 Å². The van der Waals surface area contributed by atoms with Crippen LogP contribution >= 0.6 is 11.3 Å². The molecule has 9 aromatic carbocycles. The molecule has 0 fully saturated rings. The first-order valence-corrected chi connectivity index (χ1v) is 19.0. The van der Waals surface area contributed by atoms with Gasteiger partial charge in [0.1, 0.15) is 0 Å². The van der Waals surface area contributed by atoms with Gasteiger partial charge in [0.05, 0.1) is 0 Å². The normalized spacial score (nSPS) is 13.3. The number of hydrogen-bond acceptors (Lipinski definition) is 1. The third-order valence-electron chi connectivity index (χ3n) is 11.6. The molecule has 0 bridgehead atoms. The highest BCUT2D eigenvalue weighted by atomic mass is 32.1. The van der Waals surface area contributed by atoms with Crippen LogP contribution in [0, 0.1) is 0 Å². The number of fused-ring (bicyclic) bond motifs is 10. The van der Waals surface area contributed by atoms with Crippen LogP contribution in [-0.2, 0) is 5.41 Å². The summed E-state index contributed by atoms with van der Waals surface area (Å²) in [6, 6.07) is 63.6. The summed E-state index contributed by atoms with van der Waals surface area (Å²) in [5, 5.41) is 10.4. The molecule has 11 rings (SSSR count). The zero-order valence-corrected chi connectivity index (χ0v) is 29.9. The molecule has 0 N–H and O–H groups in total. The largest absolute Gasteiger partial charge is 0.135 e. The molecule has 1 aliphatic rings. The fraction of sp³-hybridized carbons (Fsp3) is 0.0588. The summed E-state index contributed by atoms with van der Waals surface area (Å²) in [7, 11) is 0. The molecule has 0 radical (unpaired) electrons. The van der Waals surface area contributed by atoms with Gasteiger partial charge >= 0.3 is 0 Å². The fourth-order valence-corrected chi connectivity index (χ4v) is 10.5. The second kappa shape index (κ2) is 11.0. The van der Waals surface area contributed by atoms with Crippen molar-refractivity contribution >= 4 is 63.8 Å². The van der Waals surface area contributed by atoms with E-state index in [1.165, 1.54) is 108 Å². The van der Waals surface area contributed by atoms with E-state index in [1.807, 2.05) is 11.3 Å². The summed E-state index contributed by atoms with van der Waals surface area (Å²) in [6.07, 6.45) is 0. The molecule has 1 heterocycles. The maximum absolute atomic E-state index is 2.43. The summed E-state index contributed by atoms with van der Waals surface area (Å²) in [5.41, 5.74) is 13.1. The van der Waals surface area contributed by atoms with E-state index >= 15 is 0 Å². The van der Waals surface area contributed by atoms with Gasteiger partial charge in [0.15, 0.2) is 0 Å². The van der Waals surface area contributed by atoms with E-state index in [0.717, 1.165) is 0 Å². The molecule has 1 aliphatic carbocycles. The highest BCUT2D eigenvalue weighted by Gasteiger charge is 2.38. The molecule has 0 saturated heterocycles. The Balaban J connectivity index is 1.14. The summed E-state index contributed by atoms with van der Waals surface area (Å²) < 4.78 is 2.67. The van der Waals surface area contributed by atoms with Crippen molar-refractivity contribution in [3.05, 3.63) is 181 Å². The van der Waals surface area contributed by atoms with Crippen molar-refractivity contribution in [3.8, 4) is 44.5 Å². The molecule has 0 nitrogen and oxygen atoms in total. The zero-order valence-electron chi connectivity index (χ0n) is 29.1. The Morgan fingerprint density at radius 3 is 1.67 bits per heavy atom. The minimum atomic E-state index is -0.0975. The van der Waals surface area contributed by atoms with Gasteiger partial charge in [0.2, 0.25) is 0 Å². The Morgan fingerprint density at radius 1 is 0.365 bits per heavy atom. The Labute approximate surface area is 307 Å². The van der Waals surface area contributed by atoms with Gasteiger partial charge in [-0.15, -0.1) is 11.3 Å². The van der Waals surface area contributed by atoms with Crippen LogP contribution in [0.2, 0.25) is 0 Å². The lowest BCUT2D eigenvalue weighted by molar-refractivity contribution is 0.666. The molecule has 0 amide bonds. The van der Waals surface area contributed by atoms with Crippen LogP contribution in [0.1, 0.15) is 25.0 Å². The van der Waals surface area contributed by atoms with Crippen molar-refractivity contribution in [1.29, 1.82) is 0 Å². The standard InChI is InChI=1S/C51H34S/c1-51(2)44-23-12-22-35(49(44)42-27-25-31-13-3-4-16-36(31)50(42)51)32-14-11-15-33(29-32)47-38-18-5-7-20-40(38)48(41-21-8-6-19-39(41)47)34-26-28-46-43(30-34)37-17-9-10-24-45(37)52-46/h3-30H,1-2H3. The van der Waals surface area contributed by atoms with E-state index in [0.29, 0.717) is 0 Å². The average molecular weight is 679 g/mol. The van der Waals surface area contributed by atoms with Crippen LogP contribution in [0.25, 0.3) is 97.0 Å². The van der Waals surface area contributed by atoms with Crippen LogP contribution in [0.5, 0.6) is 0 Å². The predicted molar refractivity (Wildman–Crippen MR) is 226 cm³/mol. The minimum absolute atomic E-state index is 0.0975. The van der Waals surface area contributed by atoms with E-state index in [1.54, 1.807) is 0 Å². The summed E-state index contributed by atoms with van der Waals surface area (Å²) in [5.74, 6) is 0. The van der Waals surface area contributed by atoms with Gasteiger partial charge < -0.3 is 0 Å². The van der Waals surface area contributed by atoms with Crippen molar-refractivity contribution in [2.24, 2.45) is 0 Å². The van der Waals surface area contributed by atoms with E-state index in [9.17, 15) is 0 Å². The highest BCUT2D eigenvalue weighted by Crippen LogP contribution is 2.54. The third-order valence-corrected chi connectivity index (χ3v) is 12.8. The quantitative estimate of drug-likeness (QED) is 0.163. The number of hydrogen-bond donors (Lipinski definition) is 0. The Kier molecular flexibility index (Phi) is 6.27. The molecule has 0 spiro atoms. The number of benzene rings is 9. The molecular formula is C51H34S. The van der Waals surface area contributed by atoms with Crippen LogP contribution in [-0.4, -0.2) is 0 Å². The van der Waals surface area contributed by atoms with E-state index in [2.05, 4.69) is 184 Å². The summed E-state index contributed by atoms with van der Waals surface area (Å²) >= 11 is 1.88. The molecular weight excluding hydrogens is 645 g/mol. The topological polar surface area (TPSA) is 0 Å². The maximum atomic E-state index is 2.43. The first-order chi connectivity index (χ1) is 25.6. The average Bonchev–Trinajstić information content (AvgIpc) is 3.68. The molecule has 0 saturated carbocycles. The monoisotopic (exact) mass is 678 g/mol. The van der Waals surface area contributed by atoms with Crippen LogP contribution in [0.3, 0.4) is 0 Å². The second-order valence-electron chi connectivity index (χ2n) is 14.8.